The van der Waals surface area contributed by atoms with E-state index in [-0.39, 0.29) is 24.3 Å². The predicted octanol–water partition coefficient (Wildman–Crippen LogP) is 6.29. The van der Waals surface area contributed by atoms with E-state index in [1.54, 1.807) is 48.5 Å². The van der Waals surface area contributed by atoms with Crippen LogP contribution in [0.25, 0.3) is 17.1 Å². The molecule has 0 spiro atoms. The van der Waals surface area contributed by atoms with Crippen LogP contribution < -0.4 is 10.1 Å². The molecule has 7 nitrogen and oxygen atoms in total. The van der Waals surface area contributed by atoms with Crippen LogP contribution >= 0.6 is 11.6 Å². The van der Waals surface area contributed by atoms with Crippen LogP contribution in [0.1, 0.15) is 23.4 Å². The lowest BCUT2D eigenvalue weighted by Crippen LogP contribution is -2.17. The Morgan fingerprint density at radius 1 is 1.00 bits per heavy atom. The van der Waals surface area contributed by atoms with Gasteiger partial charge in [0.25, 0.3) is 0 Å². The summed E-state index contributed by atoms with van der Waals surface area (Å²) in [5, 5.41) is 6.28. The molecule has 4 rings (SSSR count). The molecule has 1 N–H and O–H groups in total. The van der Waals surface area contributed by atoms with Crippen molar-refractivity contribution in [3.63, 3.8) is 0 Å². The number of hydrogen-bond donors (Lipinski definition) is 1. The molecule has 1 atom stereocenters. The molecule has 0 saturated heterocycles. The summed E-state index contributed by atoms with van der Waals surface area (Å²) in [5.41, 5.74) is 1.37. The summed E-state index contributed by atoms with van der Waals surface area (Å²) in [6.07, 6.45) is -4.46. The van der Waals surface area contributed by atoms with Gasteiger partial charge >= 0.3 is 12.2 Å². The summed E-state index contributed by atoms with van der Waals surface area (Å²) >= 11 is 6.30. The fourth-order valence-electron chi connectivity index (χ4n) is 3.53. The highest BCUT2D eigenvalue weighted by Gasteiger charge is 2.30. The lowest BCUT2D eigenvalue weighted by Gasteiger charge is -2.12. The second kappa shape index (κ2) is 12.1. The first-order valence-electron chi connectivity index (χ1n) is 11.7. The fraction of sp³-hybridized carbons (Fsp3) is 0.222. The number of aromatic nitrogens is 3. The summed E-state index contributed by atoms with van der Waals surface area (Å²) < 4.78 is 51.4. The van der Waals surface area contributed by atoms with Crippen LogP contribution in [0.5, 0.6) is 6.01 Å². The third-order valence-corrected chi connectivity index (χ3v) is 5.87. The average Bonchev–Trinajstić information content (AvgIpc) is 3.35. The molecule has 0 saturated carbocycles. The molecule has 198 valence electrons. The maximum atomic E-state index is 13.0. The van der Waals surface area contributed by atoms with Crippen molar-refractivity contribution < 1.29 is 27.4 Å². The van der Waals surface area contributed by atoms with Gasteiger partial charge in [-0.3, -0.25) is 4.79 Å². The van der Waals surface area contributed by atoms with Gasteiger partial charge in [-0.25, -0.2) is 4.68 Å². The molecule has 0 bridgehead atoms. The van der Waals surface area contributed by atoms with Crippen molar-refractivity contribution in [2.24, 2.45) is 0 Å². The number of halogens is 4. The Labute approximate surface area is 222 Å². The van der Waals surface area contributed by atoms with Crippen molar-refractivity contribution in [2.45, 2.75) is 18.5 Å². The summed E-state index contributed by atoms with van der Waals surface area (Å²) in [5.74, 6) is -0.103. The van der Waals surface area contributed by atoms with Crippen LogP contribution in [0.15, 0.2) is 78.9 Å². The number of carbonyl (C=O) groups is 1. The van der Waals surface area contributed by atoms with Gasteiger partial charge in [0.15, 0.2) is 5.82 Å². The van der Waals surface area contributed by atoms with E-state index < -0.39 is 17.1 Å². The van der Waals surface area contributed by atoms with Gasteiger partial charge < -0.3 is 14.8 Å². The van der Waals surface area contributed by atoms with Crippen molar-refractivity contribution in [1.29, 1.82) is 0 Å². The monoisotopic (exact) mass is 544 g/mol. The van der Waals surface area contributed by atoms with Gasteiger partial charge in [-0.05, 0) is 48.9 Å². The minimum absolute atomic E-state index is 0.0461. The van der Waals surface area contributed by atoms with Gasteiger partial charge in [-0.15, -0.1) is 16.7 Å². The maximum Gasteiger partial charge on any atom is 0.416 e. The van der Waals surface area contributed by atoms with Crippen molar-refractivity contribution in [2.75, 3.05) is 25.1 Å². The fourth-order valence-corrected chi connectivity index (χ4v) is 3.73. The summed E-state index contributed by atoms with van der Waals surface area (Å²) in [6, 6.07) is 20.3. The number of hydrogen-bond acceptors (Lipinski definition) is 5. The molecule has 38 heavy (non-hydrogen) atoms. The lowest BCUT2D eigenvalue weighted by atomic mass is 10.1. The Bertz CT molecular complexity index is 1350. The van der Waals surface area contributed by atoms with Crippen LogP contribution in [0.3, 0.4) is 0 Å². The first-order valence-corrected chi connectivity index (χ1v) is 12.2. The standard InChI is InChI=1S/C27H24ClF3N4O3/c1-2-37-16-17-38-26-33-24(19-8-10-20(11-9-19)27(29,30)31)35(34-26)22-14-12-21(13-15-22)32-25(36)23(28)18-6-4-3-5-7-18/h3-15,23H,2,16-17H2,1H3,(H,32,36)/t23-/m1/s1. The highest BCUT2D eigenvalue weighted by Crippen LogP contribution is 2.32. The van der Waals surface area contributed by atoms with Gasteiger partial charge in [0.05, 0.1) is 17.9 Å². The molecule has 0 aliphatic carbocycles. The average molecular weight is 545 g/mol. The highest BCUT2D eigenvalue weighted by atomic mass is 35.5. The van der Waals surface area contributed by atoms with E-state index in [4.69, 9.17) is 21.1 Å². The molecule has 1 heterocycles. The Kier molecular flexibility index (Phi) is 8.65. The van der Waals surface area contributed by atoms with Gasteiger partial charge in [0.2, 0.25) is 5.91 Å². The molecule has 0 aliphatic rings. The summed E-state index contributed by atoms with van der Waals surface area (Å²) in [6.45, 7) is 2.92. The highest BCUT2D eigenvalue weighted by molar-refractivity contribution is 6.32. The first-order chi connectivity index (χ1) is 18.3. The number of anilines is 1. The molecule has 4 aromatic rings. The Morgan fingerprint density at radius 2 is 1.68 bits per heavy atom. The number of nitrogens with zero attached hydrogens (tertiary/aromatic N) is 3. The Hall–Kier alpha value is -3.89. The second-order valence-corrected chi connectivity index (χ2v) is 8.50. The molecule has 0 fully saturated rings. The number of carbonyl (C=O) groups excluding carboxylic acids is 1. The number of nitrogens with one attached hydrogen (secondary N) is 1. The second-order valence-electron chi connectivity index (χ2n) is 8.06. The molecule has 3 aromatic carbocycles. The third-order valence-electron chi connectivity index (χ3n) is 5.42. The zero-order chi connectivity index (χ0) is 27.1. The van der Waals surface area contributed by atoms with Crippen LogP contribution in [0.2, 0.25) is 0 Å². The van der Waals surface area contributed by atoms with E-state index in [0.29, 0.717) is 35.7 Å². The zero-order valence-corrected chi connectivity index (χ0v) is 21.0. The van der Waals surface area contributed by atoms with Gasteiger partial charge in [0, 0.05) is 17.9 Å². The summed E-state index contributed by atoms with van der Waals surface area (Å²) in [4.78, 5) is 17.0. The van der Waals surface area contributed by atoms with Crippen molar-refractivity contribution >= 4 is 23.2 Å². The normalized spacial score (nSPS) is 12.2. The maximum absolute atomic E-state index is 13.0. The SMILES string of the molecule is CCOCCOc1nc(-c2ccc(C(F)(F)F)cc2)n(-c2ccc(NC(=O)[C@H](Cl)c3ccccc3)cc2)n1. The molecule has 11 heteroatoms. The van der Waals surface area contributed by atoms with Crippen molar-refractivity contribution in [3.05, 3.63) is 90.0 Å². The number of alkyl halides is 4. The minimum atomic E-state index is -4.46. The number of amides is 1. The molecule has 0 aliphatic heterocycles. The lowest BCUT2D eigenvalue weighted by molar-refractivity contribution is -0.137. The smallest absolute Gasteiger partial charge is 0.416 e. The summed E-state index contributed by atoms with van der Waals surface area (Å²) in [7, 11) is 0. The van der Waals surface area contributed by atoms with Crippen molar-refractivity contribution in [1.82, 2.24) is 14.8 Å². The first kappa shape index (κ1) is 27.2. The predicted molar refractivity (Wildman–Crippen MR) is 137 cm³/mol. The van der Waals surface area contributed by atoms with Gasteiger partial charge in [-0.2, -0.15) is 18.2 Å². The van der Waals surface area contributed by atoms with Gasteiger partial charge in [-0.1, -0.05) is 42.5 Å². The molecule has 0 unspecified atom stereocenters. The van der Waals surface area contributed by atoms with Gasteiger partial charge in [0.1, 0.15) is 12.0 Å². The molecule has 1 amide bonds. The number of rotatable bonds is 10. The number of benzene rings is 3. The van der Waals surface area contributed by atoms with Crippen LogP contribution in [0, 0.1) is 0 Å². The van der Waals surface area contributed by atoms with Crippen LogP contribution in [0.4, 0.5) is 18.9 Å². The van der Waals surface area contributed by atoms with E-state index in [1.807, 2.05) is 13.0 Å². The van der Waals surface area contributed by atoms with E-state index >= 15 is 0 Å². The quantitative estimate of drug-likeness (QED) is 0.188. The van der Waals surface area contributed by atoms with E-state index in [1.165, 1.54) is 16.8 Å². The van der Waals surface area contributed by atoms with E-state index in [2.05, 4.69) is 15.4 Å². The Balaban J connectivity index is 1.57. The Morgan fingerprint density at radius 3 is 2.32 bits per heavy atom. The molecule has 0 radical (unpaired) electrons. The molecule has 1 aromatic heterocycles. The molecular formula is C27H24ClF3N4O3. The largest absolute Gasteiger partial charge is 0.460 e. The van der Waals surface area contributed by atoms with E-state index in [9.17, 15) is 18.0 Å². The number of ether oxygens (including phenoxy) is 2. The van der Waals surface area contributed by atoms with Crippen molar-refractivity contribution in [3.8, 4) is 23.1 Å². The molecular weight excluding hydrogens is 521 g/mol. The van der Waals surface area contributed by atoms with Crippen LogP contribution in [-0.2, 0) is 15.7 Å². The third kappa shape index (κ3) is 6.70. The zero-order valence-electron chi connectivity index (χ0n) is 20.3. The van der Waals surface area contributed by atoms with E-state index in [0.717, 1.165) is 12.1 Å². The topological polar surface area (TPSA) is 78.3 Å². The minimum Gasteiger partial charge on any atom is -0.460 e. The van der Waals surface area contributed by atoms with Crippen LogP contribution in [-0.4, -0.2) is 40.5 Å².